The summed E-state index contributed by atoms with van der Waals surface area (Å²) in [6.07, 6.45) is 5.39. The van der Waals surface area contributed by atoms with Crippen molar-refractivity contribution >= 4 is 5.91 Å². The molecule has 0 aromatic heterocycles. The molecule has 0 fully saturated rings. The number of nitrogens with zero attached hydrogens (tertiary/aromatic N) is 1. The lowest BCUT2D eigenvalue weighted by Crippen LogP contribution is -2.21. The van der Waals surface area contributed by atoms with Gasteiger partial charge in [0.15, 0.2) is 0 Å². The molecule has 0 bridgehead atoms. The summed E-state index contributed by atoms with van der Waals surface area (Å²) in [5, 5.41) is 0. The Labute approximate surface area is 68.2 Å². The van der Waals surface area contributed by atoms with Gasteiger partial charge in [-0.15, -0.1) is 0 Å². The van der Waals surface area contributed by atoms with E-state index in [1.165, 1.54) is 0 Å². The monoisotopic (exact) mass is 153 g/mol. The largest absolute Gasteiger partial charge is 0.319 e. The molecule has 0 aromatic carbocycles. The number of amides is 1. The number of hydrogen-bond acceptors (Lipinski definition) is 1. The van der Waals surface area contributed by atoms with Gasteiger partial charge >= 0.3 is 0 Å². The molecule has 0 aliphatic carbocycles. The van der Waals surface area contributed by atoms with Gasteiger partial charge in [-0.25, -0.2) is 0 Å². The minimum Gasteiger partial charge on any atom is -0.319 e. The normalized spacial score (nSPS) is 12.2. The van der Waals surface area contributed by atoms with Crippen LogP contribution in [0.1, 0.15) is 20.8 Å². The SMILES string of the molecule is C/C=C\N(C)C(=O)/C(C)=C\C. The molecule has 62 valence electrons. The molecule has 0 atom stereocenters. The number of carbonyl (C=O) groups is 1. The van der Waals surface area contributed by atoms with Gasteiger partial charge in [-0.05, 0) is 20.8 Å². The van der Waals surface area contributed by atoms with Crippen molar-refractivity contribution in [2.24, 2.45) is 0 Å². The zero-order valence-electron chi connectivity index (χ0n) is 7.59. The quantitative estimate of drug-likeness (QED) is 0.555. The predicted octanol–water partition coefficient (Wildman–Crippen LogP) is 1.94. The highest BCUT2D eigenvalue weighted by Gasteiger charge is 2.05. The molecule has 0 heterocycles. The van der Waals surface area contributed by atoms with Crippen molar-refractivity contribution in [3.05, 3.63) is 23.9 Å². The van der Waals surface area contributed by atoms with Crippen molar-refractivity contribution in [2.45, 2.75) is 20.8 Å². The van der Waals surface area contributed by atoms with Crippen molar-refractivity contribution in [3.8, 4) is 0 Å². The van der Waals surface area contributed by atoms with Crippen molar-refractivity contribution < 1.29 is 4.79 Å². The van der Waals surface area contributed by atoms with Gasteiger partial charge in [0.1, 0.15) is 0 Å². The highest BCUT2D eigenvalue weighted by molar-refractivity contribution is 5.93. The van der Waals surface area contributed by atoms with Crippen LogP contribution in [0.4, 0.5) is 0 Å². The molecular formula is C9H15NO. The van der Waals surface area contributed by atoms with Gasteiger partial charge in [-0.3, -0.25) is 4.79 Å². The summed E-state index contributed by atoms with van der Waals surface area (Å²) in [4.78, 5) is 12.8. The Morgan fingerprint density at radius 3 is 2.27 bits per heavy atom. The summed E-state index contributed by atoms with van der Waals surface area (Å²) >= 11 is 0. The lowest BCUT2D eigenvalue weighted by Gasteiger charge is -2.11. The van der Waals surface area contributed by atoms with Crippen LogP contribution in [0, 0.1) is 0 Å². The molecule has 0 rings (SSSR count). The number of hydrogen-bond donors (Lipinski definition) is 0. The van der Waals surface area contributed by atoms with Gasteiger partial charge in [0.25, 0.3) is 5.91 Å². The number of carbonyl (C=O) groups excluding carboxylic acids is 1. The molecule has 0 radical (unpaired) electrons. The molecule has 0 unspecified atom stereocenters. The molecule has 0 N–H and O–H groups in total. The first-order valence-electron chi connectivity index (χ1n) is 3.66. The highest BCUT2D eigenvalue weighted by Crippen LogP contribution is 1.98. The second kappa shape index (κ2) is 4.72. The Bertz CT molecular complexity index is 192. The summed E-state index contributed by atoms with van der Waals surface area (Å²) in [5.74, 6) is 0.0469. The first kappa shape index (κ1) is 9.95. The number of rotatable bonds is 2. The van der Waals surface area contributed by atoms with E-state index in [9.17, 15) is 4.79 Å². The van der Waals surface area contributed by atoms with E-state index in [0.29, 0.717) is 0 Å². The van der Waals surface area contributed by atoms with E-state index < -0.39 is 0 Å². The van der Waals surface area contributed by atoms with Gasteiger partial charge in [0.05, 0.1) is 0 Å². The maximum absolute atomic E-state index is 11.3. The average molecular weight is 153 g/mol. The van der Waals surface area contributed by atoms with Crippen molar-refractivity contribution in [3.63, 3.8) is 0 Å². The molecule has 0 aliphatic rings. The lowest BCUT2D eigenvalue weighted by atomic mass is 10.2. The molecule has 0 spiro atoms. The van der Waals surface area contributed by atoms with Crippen molar-refractivity contribution in [2.75, 3.05) is 7.05 Å². The molecule has 1 amide bonds. The first-order valence-corrected chi connectivity index (χ1v) is 3.66. The average Bonchev–Trinajstić information content (AvgIpc) is 2.02. The topological polar surface area (TPSA) is 20.3 Å². The maximum atomic E-state index is 11.3. The third-order valence-electron chi connectivity index (χ3n) is 1.46. The molecule has 0 saturated heterocycles. The van der Waals surface area contributed by atoms with Crippen LogP contribution in [-0.2, 0) is 4.79 Å². The van der Waals surface area contributed by atoms with Gasteiger partial charge in [0, 0.05) is 18.8 Å². The molecule has 11 heavy (non-hydrogen) atoms. The predicted molar refractivity (Wildman–Crippen MR) is 47.0 cm³/mol. The second-order valence-corrected chi connectivity index (χ2v) is 2.37. The summed E-state index contributed by atoms with van der Waals surface area (Å²) < 4.78 is 0. The Kier molecular flexibility index (Phi) is 4.27. The van der Waals surface area contributed by atoms with Crippen LogP contribution >= 0.6 is 0 Å². The Morgan fingerprint density at radius 1 is 1.36 bits per heavy atom. The van der Waals surface area contributed by atoms with Crippen LogP contribution in [0.15, 0.2) is 23.9 Å². The fourth-order valence-corrected chi connectivity index (χ4v) is 0.693. The molecule has 0 saturated carbocycles. The van der Waals surface area contributed by atoms with Crippen LogP contribution in [0.2, 0.25) is 0 Å². The van der Waals surface area contributed by atoms with E-state index in [0.717, 1.165) is 5.57 Å². The standard InChI is InChI=1S/C9H15NO/c1-5-7-10(4)9(11)8(3)6-2/h5-7H,1-4H3/b7-5-,8-6-. The number of allylic oxidation sites excluding steroid dienone is 2. The van der Waals surface area contributed by atoms with Gasteiger partial charge in [-0.1, -0.05) is 12.2 Å². The zero-order valence-corrected chi connectivity index (χ0v) is 7.59. The van der Waals surface area contributed by atoms with Gasteiger partial charge in [0.2, 0.25) is 0 Å². The lowest BCUT2D eigenvalue weighted by molar-refractivity contribution is -0.123. The van der Waals surface area contributed by atoms with E-state index in [-0.39, 0.29) is 5.91 Å². The minimum absolute atomic E-state index is 0.0469. The third kappa shape index (κ3) is 3.03. The van der Waals surface area contributed by atoms with Gasteiger partial charge in [-0.2, -0.15) is 0 Å². The number of likely N-dealkylation sites (N-methyl/N-ethyl adjacent to an activating group) is 1. The van der Waals surface area contributed by atoms with Crippen LogP contribution in [0.5, 0.6) is 0 Å². The van der Waals surface area contributed by atoms with Crippen LogP contribution in [0.3, 0.4) is 0 Å². The zero-order chi connectivity index (χ0) is 8.85. The van der Waals surface area contributed by atoms with Crippen molar-refractivity contribution in [1.82, 2.24) is 4.90 Å². The maximum Gasteiger partial charge on any atom is 0.252 e. The van der Waals surface area contributed by atoms with E-state index in [2.05, 4.69) is 0 Å². The summed E-state index contributed by atoms with van der Waals surface area (Å²) in [6.45, 7) is 5.55. The molecule has 2 heteroatoms. The third-order valence-corrected chi connectivity index (χ3v) is 1.46. The van der Waals surface area contributed by atoms with Gasteiger partial charge < -0.3 is 4.90 Å². The fraction of sp³-hybridized carbons (Fsp3) is 0.444. The Hall–Kier alpha value is -1.05. The van der Waals surface area contributed by atoms with Crippen LogP contribution in [0.25, 0.3) is 0 Å². The summed E-state index contributed by atoms with van der Waals surface area (Å²) in [6, 6.07) is 0. The highest BCUT2D eigenvalue weighted by atomic mass is 16.2. The van der Waals surface area contributed by atoms with Crippen molar-refractivity contribution in [1.29, 1.82) is 0 Å². The van der Waals surface area contributed by atoms with E-state index in [1.807, 2.05) is 32.9 Å². The summed E-state index contributed by atoms with van der Waals surface area (Å²) in [5.41, 5.74) is 0.769. The second-order valence-electron chi connectivity index (χ2n) is 2.37. The molecular weight excluding hydrogens is 138 g/mol. The van der Waals surface area contributed by atoms with E-state index in [1.54, 1.807) is 18.1 Å². The van der Waals surface area contributed by atoms with Crippen LogP contribution in [-0.4, -0.2) is 17.9 Å². The van der Waals surface area contributed by atoms with E-state index in [4.69, 9.17) is 0 Å². The molecule has 0 aromatic rings. The molecule has 0 aliphatic heterocycles. The van der Waals surface area contributed by atoms with Crippen LogP contribution < -0.4 is 0 Å². The smallest absolute Gasteiger partial charge is 0.252 e. The molecule has 2 nitrogen and oxygen atoms in total. The summed E-state index contributed by atoms with van der Waals surface area (Å²) in [7, 11) is 1.75. The Balaban J connectivity index is 4.25. The fourth-order valence-electron chi connectivity index (χ4n) is 0.693. The minimum atomic E-state index is 0.0469. The van der Waals surface area contributed by atoms with E-state index >= 15 is 0 Å². The first-order chi connectivity index (χ1) is 5.13. The Morgan fingerprint density at radius 2 is 1.91 bits per heavy atom.